The van der Waals surface area contributed by atoms with Crippen LogP contribution in [0.15, 0.2) is 0 Å². The zero-order chi connectivity index (χ0) is 12.6. The quantitative estimate of drug-likeness (QED) is 0.597. The first-order chi connectivity index (χ1) is 7.45. The zero-order valence-electron chi connectivity index (χ0n) is 10.1. The van der Waals surface area contributed by atoms with Crippen LogP contribution in [0.2, 0.25) is 0 Å². The van der Waals surface area contributed by atoms with Crippen molar-refractivity contribution in [3.05, 3.63) is 0 Å². The van der Waals surface area contributed by atoms with Gasteiger partial charge in [-0.15, -0.1) is 0 Å². The number of carboxylic acid groups (broad SMARTS) is 2. The molecule has 4 heteroatoms. The van der Waals surface area contributed by atoms with Crippen LogP contribution in [0.4, 0.5) is 0 Å². The third kappa shape index (κ3) is 7.26. The predicted molar refractivity (Wildman–Crippen MR) is 61.3 cm³/mol. The second-order valence-electron chi connectivity index (χ2n) is 4.47. The van der Waals surface area contributed by atoms with E-state index in [1.807, 2.05) is 0 Å². The summed E-state index contributed by atoms with van der Waals surface area (Å²) in [5, 5.41) is 17.3. The van der Waals surface area contributed by atoms with Crippen LogP contribution in [0.25, 0.3) is 0 Å². The molecule has 16 heavy (non-hydrogen) atoms. The highest BCUT2D eigenvalue weighted by atomic mass is 16.4. The van der Waals surface area contributed by atoms with E-state index in [1.165, 1.54) is 0 Å². The Hall–Kier alpha value is -1.06. The molecule has 2 N–H and O–H groups in total. The highest BCUT2D eigenvalue weighted by molar-refractivity contribution is 5.69. The van der Waals surface area contributed by atoms with Crippen molar-refractivity contribution in [2.75, 3.05) is 0 Å². The minimum Gasteiger partial charge on any atom is -0.481 e. The van der Waals surface area contributed by atoms with Crippen molar-refractivity contribution in [3.63, 3.8) is 0 Å². The lowest BCUT2D eigenvalue weighted by molar-refractivity contribution is -0.142. The number of aliphatic carboxylic acids is 2. The zero-order valence-corrected chi connectivity index (χ0v) is 10.1. The molecule has 0 aromatic carbocycles. The lowest BCUT2D eigenvalue weighted by atomic mass is 10.00. The van der Waals surface area contributed by atoms with E-state index < -0.39 is 11.9 Å². The first-order valence-electron chi connectivity index (χ1n) is 5.90. The molecule has 0 spiro atoms. The molecule has 0 radical (unpaired) electrons. The van der Waals surface area contributed by atoms with Gasteiger partial charge >= 0.3 is 11.9 Å². The first kappa shape index (κ1) is 14.9. The van der Waals surface area contributed by atoms with Crippen molar-refractivity contribution in [2.24, 2.45) is 11.8 Å². The van der Waals surface area contributed by atoms with Crippen LogP contribution in [-0.2, 0) is 9.59 Å². The molecule has 0 aromatic rings. The van der Waals surface area contributed by atoms with E-state index in [4.69, 9.17) is 10.2 Å². The summed E-state index contributed by atoms with van der Waals surface area (Å²) in [4.78, 5) is 21.0. The van der Waals surface area contributed by atoms with Gasteiger partial charge in [-0.2, -0.15) is 0 Å². The molecule has 0 heterocycles. The SMILES string of the molecule is C[C@H](CCCCCC[C@@H](C)C(=O)O)C(=O)O. The lowest BCUT2D eigenvalue weighted by Crippen LogP contribution is -2.09. The van der Waals surface area contributed by atoms with Crippen LogP contribution in [0.3, 0.4) is 0 Å². The summed E-state index contributed by atoms with van der Waals surface area (Å²) in [5.74, 6) is -2.00. The van der Waals surface area contributed by atoms with Crippen LogP contribution < -0.4 is 0 Å². The number of rotatable bonds is 9. The largest absolute Gasteiger partial charge is 0.481 e. The van der Waals surface area contributed by atoms with Gasteiger partial charge in [0.2, 0.25) is 0 Å². The minimum atomic E-state index is -0.737. The number of hydrogen-bond acceptors (Lipinski definition) is 2. The van der Waals surface area contributed by atoms with Crippen LogP contribution in [0.1, 0.15) is 52.4 Å². The Balaban J connectivity index is 3.34. The van der Waals surface area contributed by atoms with Gasteiger partial charge in [-0.1, -0.05) is 39.5 Å². The molecule has 0 bridgehead atoms. The molecule has 0 aliphatic heterocycles. The van der Waals surface area contributed by atoms with Gasteiger partial charge in [0, 0.05) is 0 Å². The van der Waals surface area contributed by atoms with Gasteiger partial charge in [-0.05, 0) is 12.8 Å². The van der Waals surface area contributed by atoms with Gasteiger partial charge in [0.1, 0.15) is 0 Å². The maximum absolute atomic E-state index is 10.5. The lowest BCUT2D eigenvalue weighted by Gasteiger charge is -2.07. The Bertz CT molecular complexity index is 201. The molecular weight excluding hydrogens is 208 g/mol. The molecular formula is C12H22O4. The number of carboxylic acids is 2. The third-order valence-electron chi connectivity index (χ3n) is 2.87. The summed E-state index contributed by atoms with van der Waals surface area (Å²) < 4.78 is 0. The van der Waals surface area contributed by atoms with Crippen molar-refractivity contribution >= 4 is 11.9 Å². The second kappa shape index (κ2) is 8.13. The van der Waals surface area contributed by atoms with Crippen molar-refractivity contribution in [3.8, 4) is 0 Å². The summed E-state index contributed by atoms with van der Waals surface area (Å²) in [6.07, 6.45) is 5.23. The number of carbonyl (C=O) groups is 2. The van der Waals surface area contributed by atoms with E-state index in [-0.39, 0.29) is 11.8 Å². The highest BCUT2D eigenvalue weighted by Crippen LogP contribution is 2.14. The summed E-state index contributed by atoms with van der Waals surface area (Å²) in [7, 11) is 0. The van der Waals surface area contributed by atoms with Crippen LogP contribution in [0, 0.1) is 11.8 Å². The number of unbranched alkanes of at least 4 members (excludes halogenated alkanes) is 3. The fourth-order valence-corrected chi connectivity index (χ4v) is 1.50. The molecule has 0 aliphatic carbocycles. The van der Waals surface area contributed by atoms with E-state index in [9.17, 15) is 9.59 Å². The van der Waals surface area contributed by atoms with Crippen LogP contribution in [-0.4, -0.2) is 22.2 Å². The van der Waals surface area contributed by atoms with Gasteiger partial charge in [0.25, 0.3) is 0 Å². The molecule has 0 rings (SSSR count). The van der Waals surface area contributed by atoms with Crippen LogP contribution in [0.5, 0.6) is 0 Å². The fourth-order valence-electron chi connectivity index (χ4n) is 1.50. The van der Waals surface area contributed by atoms with E-state index >= 15 is 0 Å². The summed E-state index contributed by atoms with van der Waals surface area (Å²) in [6, 6.07) is 0. The molecule has 0 saturated heterocycles. The van der Waals surface area contributed by atoms with E-state index in [0.29, 0.717) is 12.8 Å². The molecule has 94 valence electrons. The first-order valence-corrected chi connectivity index (χ1v) is 5.90. The fraction of sp³-hybridized carbons (Fsp3) is 0.833. The molecule has 2 atom stereocenters. The summed E-state index contributed by atoms with van der Waals surface area (Å²) in [6.45, 7) is 3.43. The van der Waals surface area contributed by atoms with E-state index in [1.54, 1.807) is 13.8 Å². The molecule has 0 saturated carbocycles. The smallest absolute Gasteiger partial charge is 0.306 e. The Morgan fingerprint density at radius 1 is 0.812 bits per heavy atom. The Labute approximate surface area is 96.7 Å². The standard InChI is InChI=1S/C12H22O4/c1-9(11(13)14)7-5-3-4-6-8-10(2)12(15)16/h9-10H,3-8H2,1-2H3,(H,13,14)(H,15,16)/t9-,10-/m1/s1. The van der Waals surface area contributed by atoms with Gasteiger partial charge in [0.15, 0.2) is 0 Å². The van der Waals surface area contributed by atoms with Crippen molar-refractivity contribution in [1.29, 1.82) is 0 Å². The van der Waals surface area contributed by atoms with E-state index in [0.717, 1.165) is 25.7 Å². The molecule has 4 nitrogen and oxygen atoms in total. The Morgan fingerprint density at radius 3 is 1.38 bits per heavy atom. The topological polar surface area (TPSA) is 74.6 Å². The molecule has 0 unspecified atom stereocenters. The van der Waals surface area contributed by atoms with Crippen molar-refractivity contribution in [2.45, 2.75) is 52.4 Å². The normalized spacial score (nSPS) is 14.4. The van der Waals surface area contributed by atoms with Gasteiger partial charge in [0.05, 0.1) is 11.8 Å². The third-order valence-corrected chi connectivity index (χ3v) is 2.87. The van der Waals surface area contributed by atoms with Gasteiger partial charge in [-0.25, -0.2) is 0 Å². The van der Waals surface area contributed by atoms with Gasteiger partial charge in [-0.3, -0.25) is 9.59 Å². The monoisotopic (exact) mass is 230 g/mol. The Kier molecular flexibility index (Phi) is 7.60. The predicted octanol–water partition coefficient (Wildman–Crippen LogP) is 2.77. The Morgan fingerprint density at radius 2 is 1.12 bits per heavy atom. The maximum Gasteiger partial charge on any atom is 0.306 e. The van der Waals surface area contributed by atoms with E-state index in [2.05, 4.69) is 0 Å². The number of hydrogen-bond donors (Lipinski definition) is 2. The molecule has 0 aliphatic rings. The average molecular weight is 230 g/mol. The van der Waals surface area contributed by atoms with Gasteiger partial charge < -0.3 is 10.2 Å². The minimum absolute atomic E-state index is 0.266. The van der Waals surface area contributed by atoms with Crippen molar-refractivity contribution in [1.82, 2.24) is 0 Å². The molecule has 0 fully saturated rings. The molecule has 0 aromatic heterocycles. The summed E-state index contributed by atoms with van der Waals surface area (Å²) in [5.41, 5.74) is 0. The van der Waals surface area contributed by atoms with Crippen LogP contribution >= 0.6 is 0 Å². The van der Waals surface area contributed by atoms with Crippen molar-refractivity contribution < 1.29 is 19.8 Å². The summed E-state index contributed by atoms with van der Waals surface area (Å²) >= 11 is 0. The average Bonchev–Trinajstić information content (AvgIpc) is 2.21. The second-order valence-corrected chi connectivity index (χ2v) is 4.47. The molecule has 0 amide bonds. The maximum atomic E-state index is 10.5. The highest BCUT2D eigenvalue weighted by Gasteiger charge is 2.11.